The van der Waals surface area contributed by atoms with Gasteiger partial charge in [-0.1, -0.05) is 12.1 Å². The Morgan fingerprint density at radius 1 is 1.10 bits per heavy atom. The van der Waals surface area contributed by atoms with E-state index >= 15 is 0 Å². The summed E-state index contributed by atoms with van der Waals surface area (Å²) in [5.41, 5.74) is 1.81. The van der Waals surface area contributed by atoms with Crippen LogP contribution < -0.4 is 4.90 Å². The summed E-state index contributed by atoms with van der Waals surface area (Å²) in [4.78, 5) is 26.7. The summed E-state index contributed by atoms with van der Waals surface area (Å²) < 4.78 is 0. The summed E-state index contributed by atoms with van der Waals surface area (Å²) in [5, 5.41) is 0. The molecule has 110 valence electrons. The topological polar surface area (TPSA) is 52.6 Å². The second kappa shape index (κ2) is 5.55. The summed E-state index contributed by atoms with van der Waals surface area (Å²) in [6.45, 7) is 3.00. The van der Waals surface area contributed by atoms with Gasteiger partial charge in [-0.3, -0.25) is 4.98 Å². The van der Waals surface area contributed by atoms with E-state index in [4.69, 9.17) is 0 Å². The molecular formula is C15H19N5O. The molecule has 1 aliphatic heterocycles. The lowest BCUT2D eigenvalue weighted by molar-refractivity contribution is 0.168. The van der Waals surface area contributed by atoms with Gasteiger partial charge in [-0.15, -0.1) is 0 Å². The van der Waals surface area contributed by atoms with Gasteiger partial charge in [-0.2, -0.15) is 0 Å². The first kappa shape index (κ1) is 13.6. The summed E-state index contributed by atoms with van der Waals surface area (Å²) in [5.74, 6) is 0.880. The number of para-hydroxylation sites is 2. The molecule has 0 aliphatic carbocycles. The highest BCUT2D eigenvalue weighted by atomic mass is 16.2. The quantitative estimate of drug-likeness (QED) is 0.795. The average molecular weight is 285 g/mol. The van der Waals surface area contributed by atoms with Gasteiger partial charge in [0.2, 0.25) is 0 Å². The molecule has 0 atom stereocenters. The van der Waals surface area contributed by atoms with E-state index in [1.165, 1.54) is 0 Å². The smallest absolute Gasteiger partial charge is 0.319 e. The minimum absolute atomic E-state index is 0.0687. The highest BCUT2D eigenvalue weighted by Gasteiger charge is 2.23. The monoisotopic (exact) mass is 285 g/mol. The molecule has 6 nitrogen and oxygen atoms in total. The van der Waals surface area contributed by atoms with Crippen LogP contribution in [0.15, 0.2) is 30.5 Å². The number of aromatic nitrogens is 2. The Morgan fingerprint density at radius 2 is 1.76 bits per heavy atom. The van der Waals surface area contributed by atoms with Gasteiger partial charge in [0.25, 0.3) is 0 Å². The Balaban J connectivity index is 1.72. The number of carbonyl (C=O) groups excluding carboxylic acids is 1. The Labute approximate surface area is 124 Å². The van der Waals surface area contributed by atoms with Crippen molar-refractivity contribution in [3.63, 3.8) is 0 Å². The molecule has 0 N–H and O–H groups in total. The summed E-state index contributed by atoms with van der Waals surface area (Å²) in [7, 11) is 3.56. The van der Waals surface area contributed by atoms with E-state index in [2.05, 4.69) is 14.9 Å². The molecule has 3 rings (SSSR count). The van der Waals surface area contributed by atoms with Crippen LogP contribution in [0.5, 0.6) is 0 Å². The van der Waals surface area contributed by atoms with Crippen LogP contribution in [0.25, 0.3) is 11.0 Å². The van der Waals surface area contributed by atoms with E-state index in [1.807, 2.05) is 35.4 Å². The van der Waals surface area contributed by atoms with Crippen molar-refractivity contribution in [2.75, 3.05) is 45.2 Å². The van der Waals surface area contributed by atoms with Crippen molar-refractivity contribution in [1.29, 1.82) is 0 Å². The number of hydrogen-bond acceptors (Lipinski definition) is 4. The highest BCUT2D eigenvalue weighted by molar-refractivity contribution is 5.76. The zero-order valence-corrected chi connectivity index (χ0v) is 12.4. The van der Waals surface area contributed by atoms with Gasteiger partial charge in [-0.05, 0) is 12.1 Å². The van der Waals surface area contributed by atoms with Crippen molar-refractivity contribution in [2.45, 2.75) is 0 Å². The number of nitrogens with zero attached hydrogens (tertiary/aromatic N) is 5. The van der Waals surface area contributed by atoms with E-state index in [9.17, 15) is 4.79 Å². The van der Waals surface area contributed by atoms with E-state index in [1.54, 1.807) is 19.0 Å². The number of rotatable bonds is 1. The third-order valence-corrected chi connectivity index (χ3v) is 3.69. The lowest BCUT2D eigenvalue weighted by Crippen LogP contribution is -2.51. The predicted octanol–water partition coefficient (Wildman–Crippen LogP) is 1.43. The van der Waals surface area contributed by atoms with Crippen LogP contribution in [-0.2, 0) is 0 Å². The molecule has 0 bridgehead atoms. The van der Waals surface area contributed by atoms with Crippen LogP contribution in [0.3, 0.4) is 0 Å². The molecule has 21 heavy (non-hydrogen) atoms. The number of hydrogen-bond donors (Lipinski definition) is 0. The van der Waals surface area contributed by atoms with Gasteiger partial charge < -0.3 is 14.7 Å². The van der Waals surface area contributed by atoms with Crippen molar-refractivity contribution < 1.29 is 4.79 Å². The molecule has 6 heteroatoms. The van der Waals surface area contributed by atoms with Crippen molar-refractivity contribution in [2.24, 2.45) is 0 Å². The van der Waals surface area contributed by atoms with Crippen LogP contribution in [0.4, 0.5) is 10.6 Å². The fourth-order valence-corrected chi connectivity index (χ4v) is 2.51. The molecule has 2 aromatic rings. The van der Waals surface area contributed by atoms with E-state index in [0.29, 0.717) is 13.1 Å². The molecule has 0 spiro atoms. The lowest BCUT2D eigenvalue weighted by atomic mass is 10.3. The maximum atomic E-state index is 11.9. The molecule has 0 unspecified atom stereocenters. The summed E-state index contributed by atoms with van der Waals surface area (Å²) in [6.07, 6.45) is 1.81. The molecule has 2 amide bonds. The third-order valence-electron chi connectivity index (χ3n) is 3.69. The van der Waals surface area contributed by atoms with Gasteiger partial charge in [-0.25, -0.2) is 9.78 Å². The Hall–Kier alpha value is -2.37. The highest BCUT2D eigenvalue weighted by Crippen LogP contribution is 2.17. The molecule has 1 aromatic heterocycles. The number of urea groups is 1. The average Bonchev–Trinajstić information content (AvgIpc) is 2.54. The number of carbonyl (C=O) groups is 1. The maximum absolute atomic E-state index is 11.9. The molecular weight excluding hydrogens is 266 g/mol. The summed E-state index contributed by atoms with van der Waals surface area (Å²) in [6, 6.07) is 7.92. The summed E-state index contributed by atoms with van der Waals surface area (Å²) >= 11 is 0. The molecule has 1 saturated heterocycles. The van der Waals surface area contributed by atoms with Crippen molar-refractivity contribution in [3.05, 3.63) is 30.5 Å². The Kier molecular flexibility index (Phi) is 3.60. The van der Waals surface area contributed by atoms with Crippen LogP contribution in [-0.4, -0.2) is 66.1 Å². The van der Waals surface area contributed by atoms with Crippen LogP contribution in [0.1, 0.15) is 0 Å². The molecule has 0 saturated carbocycles. The number of anilines is 1. The first-order valence-electron chi connectivity index (χ1n) is 7.08. The van der Waals surface area contributed by atoms with Crippen LogP contribution >= 0.6 is 0 Å². The number of fused-ring (bicyclic) bond motifs is 1. The molecule has 0 radical (unpaired) electrons. The number of benzene rings is 1. The molecule has 1 fully saturated rings. The minimum Gasteiger partial charge on any atom is -0.352 e. The lowest BCUT2D eigenvalue weighted by Gasteiger charge is -2.36. The predicted molar refractivity (Wildman–Crippen MR) is 82.4 cm³/mol. The minimum atomic E-state index is 0.0687. The van der Waals surface area contributed by atoms with Crippen LogP contribution in [0, 0.1) is 0 Å². The largest absolute Gasteiger partial charge is 0.352 e. The first-order chi connectivity index (χ1) is 10.1. The van der Waals surface area contributed by atoms with Gasteiger partial charge in [0, 0.05) is 40.3 Å². The standard InChI is InChI=1S/C15H19N5O/c1-18(2)15(21)20-9-7-19(8-10-20)14-11-16-12-5-3-4-6-13(12)17-14/h3-6,11H,7-10H2,1-2H3. The van der Waals surface area contributed by atoms with Gasteiger partial charge in [0.05, 0.1) is 17.2 Å². The zero-order valence-electron chi connectivity index (χ0n) is 12.4. The number of piperazine rings is 1. The second-order valence-electron chi connectivity index (χ2n) is 5.37. The normalized spacial score (nSPS) is 15.3. The Bertz CT molecular complexity index is 649. The van der Waals surface area contributed by atoms with Crippen molar-refractivity contribution >= 4 is 22.9 Å². The van der Waals surface area contributed by atoms with Crippen molar-refractivity contribution in [1.82, 2.24) is 19.8 Å². The first-order valence-corrected chi connectivity index (χ1v) is 7.08. The Morgan fingerprint density at radius 3 is 2.43 bits per heavy atom. The molecule has 2 heterocycles. The van der Waals surface area contributed by atoms with Gasteiger partial charge >= 0.3 is 6.03 Å². The maximum Gasteiger partial charge on any atom is 0.319 e. The zero-order chi connectivity index (χ0) is 14.8. The van der Waals surface area contributed by atoms with E-state index in [0.717, 1.165) is 29.9 Å². The van der Waals surface area contributed by atoms with Gasteiger partial charge in [0.15, 0.2) is 0 Å². The molecule has 1 aromatic carbocycles. The van der Waals surface area contributed by atoms with Crippen molar-refractivity contribution in [3.8, 4) is 0 Å². The third kappa shape index (κ3) is 2.74. The molecule has 1 aliphatic rings. The fourth-order valence-electron chi connectivity index (χ4n) is 2.51. The second-order valence-corrected chi connectivity index (χ2v) is 5.37. The van der Waals surface area contributed by atoms with E-state index in [-0.39, 0.29) is 6.03 Å². The van der Waals surface area contributed by atoms with Crippen LogP contribution in [0.2, 0.25) is 0 Å². The number of amides is 2. The van der Waals surface area contributed by atoms with Gasteiger partial charge in [0.1, 0.15) is 5.82 Å². The van der Waals surface area contributed by atoms with E-state index < -0.39 is 0 Å². The fraction of sp³-hybridized carbons (Fsp3) is 0.400. The SMILES string of the molecule is CN(C)C(=O)N1CCN(c2cnc3ccccc3n2)CC1.